The number of aromatic nitrogens is 4. The molecule has 0 saturated carbocycles. The number of nitrogens with zero attached hydrogens (tertiary/aromatic N) is 6. The van der Waals surface area contributed by atoms with Gasteiger partial charge in [0.1, 0.15) is 22.6 Å². The molecule has 2 aliphatic rings. The summed E-state index contributed by atoms with van der Waals surface area (Å²) in [6, 6.07) is 13.1. The number of carbonyl (C=O) groups is 2. The van der Waals surface area contributed by atoms with E-state index in [1.807, 2.05) is 49.9 Å². The lowest BCUT2D eigenvalue weighted by molar-refractivity contribution is -0.141. The van der Waals surface area contributed by atoms with Crippen molar-refractivity contribution in [2.45, 2.75) is 57.7 Å². The van der Waals surface area contributed by atoms with E-state index in [1.54, 1.807) is 21.6 Å². The lowest BCUT2D eigenvalue weighted by Crippen LogP contribution is -2.45. The summed E-state index contributed by atoms with van der Waals surface area (Å²) in [6.07, 6.45) is -1.45. The summed E-state index contributed by atoms with van der Waals surface area (Å²) in [5.74, 6) is 0.608. The number of likely N-dealkylation sites (tertiary alicyclic amines) is 2. The van der Waals surface area contributed by atoms with E-state index in [4.69, 9.17) is 10.5 Å². The van der Waals surface area contributed by atoms with Gasteiger partial charge >= 0.3 is 12.3 Å². The number of ether oxygens (including phenoxy) is 1. The van der Waals surface area contributed by atoms with E-state index in [0.29, 0.717) is 56.1 Å². The van der Waals surface area contributed by atoms with Crippen LogP contribution in [0.2, 0.25) is 0 Å². The molecule has 6 rings (SSSR count). The van der Waals surface area contributed by atoms with Crippen molar-refractivity contribution in [1.82, 2.24) is 29.3 Å². The third-order valence-electron chi connectivity index (χ3n) is 8.49. The summed E-state index contributed by atoms with van der Waals surface area (Å²) >= 11 is 0. The fourth-order valence-corrected chi connectivity index (χ4v) is 6.17. The number of piperidine rings is 1. The Kier molecular flexibility index (Phi) is 8.11. The lowest BCUT2D eigenvalue weighted by atomic mass is 9.95. The van der Waals surface area contributed by atoms with Crippen LogP contribution < -0.4 is 5.73 Å². The number of rotatable bonds is 4. The highest BCUT2D eigenvalue weighted by Gasteiger charge is 2.36. The summed E-state index contributed by atoms with van der Waals surface area (Å²) in [7, 11) is 0. The zero-order valence-corrected chi connectivity index (χ0v) is 25.9. The quantitative estimate of drug-likeness (QED) is 0.290. The lowest BCUT2D eigenvalue weighted by Gasteiger charge is -2.34. The molecule has 10 nitrogen and oxygen atoms in total. The second-order valence-corrected chi connectivity index (χ2v) is 12.8. The van der Waals surface area contributed by atoms with Gasteiger partial charge in [0.25, 0.3) is 0 Å². The van der Waals surface area contributed by atoms with E-state index >= 15 is 0 Å². The normalized spacial score (nSPS) is 17.9. The second kappa shape index (κ2) is 11.9. The Hall–Kier alpha value is -4.68. The molecule has 1 unspecified atom stereocenters. The number of imidazole rings is 1. The molecule has 242 valence electrons. The number of benzene rings is 1. The molecule has 2 saturated heterocycles. The number of anilines is 1. The third-order valence-corrected chi connectivity index (χ3v) is 8.49. The molecule has 0 bridgehead atoms. The zero-order chi connectivity index (χ0) is 32.8. The molecule has 5 heterocycles. The fourth-order valence-electron chi connectivity index (χ4n) is 6.17. The molecule has 2 fully saturated rings. The Morgan fingerprint density at radius 3 is 2.26 bits per heavy atom. The maximum atomic E-state index is 13.6. The summed E-state index contributed by atoms with van der Waals surface area (Å²) in [4.78, 5) is 42.0. The van der Waals surface area contributed by atoms with Gasteiger partial charge in [-0.3, -0.25) is 9.36 Å². The van der Waals surface area contributed by atoms with E-state index in [-0.39, 0.29) is 40.8 Å². The molecule has 0 aliphatic carbocycles. The van der Waals surface area contributed by atoms with Crippen LogP contribution in [0.5, 0.6) is 0 Å². The zero-order valence-electron chi connectivity index (χ0n) is 25.9. The van der Waals surface area contributed by atoms with Gasteiger partial charge in [-0.05, 0) is 82.0 Å². The largest absolute Gasteiger partial charge is 0.444 e. The summed E-state index contributed by atoms with van der Waals surface area (Å²) < 4.78 is 47.9. The van der Waals surface area contributed by atoms with Crippen LogP contribution in [-0.4, -0.2) is 73.1 Å². The third kappa shape index (κ3) is 6.35. The van der Waals surface area contributed by atoms with Crippen molar-refractivity contribution in [3.8, 4) is 17.1 Å². The average Bonchev–Trinajstić information content (AvgIpc) is 3.65. The number of nitrogen functional groups attached to an aromatic ring is 1. The number of fused-ring (bicyclic) bond motifs is 1. The molecule has 0 spiro atoms. The van der Waals surface area contributed by atoms with Crippen LogP contribution >= 0.6 is 0 Å². The number of carbonyl (C=O) groups excluding carboxylic acids is 2. The smallest absolute Gasteiger partial charge is 0.433 e. The highest BCUT2D eigenvalue weighted by Crippen LogP contribution is 2.35. The van der Waals surface area contributed by atoms with Gasteiger partial charge in [-0.25, -0.2) is 19.7 Å². The Bertz CT molecular complexity index is 1760. The van der Waals surface area contributed by atoms with Crippen LogP contribution in [0.3, 0.4) is 0 Å². The predicted octanol–water partition coefficient (Wildman–Crippen LogP) is 6.05. The monoisotopic (exact) mass is 635 g/mol. The van der Waals surface area contributed by atoms with Gasteiger partial charge in [0.15, 0.2) is 11.5 Å². The molecular weight excluding hydrogens is 599 g/mol. The molecular formula is C33H36F3N7O3. The average molecular weight is 636 g/mol. The molecule has 46 heavy (non-hydrogen) atoms. The van der Waals surface area contributed by atoms with Crippen molar-refractivity contribution < 1.29 is 27.5 Å². The first kappa shape index (κ1) is 31.3. The topological polar surface area (TPSA) is 119 Å². The van der Waals surface area contributed by atoms with Gasteiger partial charge in [-0.2, -0.15) is 13.2 Å². The minimum absolute atomic E-state index is 0.0520. The highest BCUT2D eigenvalue weighted by atomic mass is 19.4. The van der Waals surface area contributed by atoms with E-state index in [9.17, 15) is 22.8 Å². The number of alkyl halides is 3. The predicted molar refractivity (Wildman–Crippen MR) is 166 cm³/mol. The molecule has 13 heteroatoms. The van der Waals surface area contributed by atoms with Crippen molar-refractivity contribution in [3.63, 3.8) is 0 Å². The van der Waals surface area contributed by atoms with Crippen LogP contribution in [0.4, 0.5) is 23.8 Å². The van der Waals surface area contributed by atoms with Crippen molar-refractivity contribution in [3.05, 3.63) is 66.0 Å². The van der Waals surface area contributed by atoms with Gasteiger partial charge in [0, 0.05) is 49.9 Å². The van der Waals surface area contributed by atoms with Crippen LogP contribution in [0.25, 0.3) is 28.2 Å². The fraction of sp³-hybridized carbons (Fsp3) is 0.424. The number of halogens is 3. The van der Waals surface area contributed by atoms with E-state index in [1.165, 1.54) is 12.3 Å². The SMILES string of the molecule is CC(C)(C)OC(=O)N1CCC(C(=O)N2CCC(c3ccc(-n4c(-c5cccnc5N)nc5ccc(C(F)(F)F)nc54)cc3)C2)CC1. The van der Waals surface area contributed by atoms with Crippen molar-refractivity contribution >= 4 is 29.0 Å². The van der Waals surface area contributed by atoms with E-state index in [0.717, 1.165) is 18.1 Å². The maximum Gasteiger partial charge on any atom is 0.433 e. The van der Waals surface area contributed by atoms with Crippen LogP contribution in [-0.2, 0) is 15.7 Å². The number of pyridine rings is 2. The number of amides is 2. The number of hydrogen-bond donors (Lipinski definition) is 1. The second-order valence-electron chi connectivity index (χ2n) is 12.8. The molecule has 2 N–H and O–H groups in total. The molecule has 1 aromatic carbocycles. The Labute approximate surface area is 264 Å². The van der Waals surface area contributed by atoms with Crippen molar-refractivity contribution in [1.29, 1.82) is 0 Å². The van der Waals surface area contributed by atoms with Gasteiger partial charge in [-0.15, -0.1) is 0 Å². The summed E-state index contributed by atoms with van der Waals surface area (Å²) in [5.41, 5.74) is 6.96. The van der Waals surface area contributed by atoms with Crippen LogP contribution in [0.15, 0.2) is 54.7 Å². The number of hydrogen-bond acceptors (Lipinski definition) is 7. The first-order chi connectivity index (χ1) is 21.8. The minimum Gasteiger partial charge on any atom is -0.444 e. The molecule has 4 aromatic rings. The molecule has 0 radical (unpaired) electrons. The molecule has 1 atom stereocenters. The van der Waals surface area contributed by atoms with E-state index in [2.05, 4.69) is 15.0 Å². The molecule has 2 amide bonds. The minimum atomic E-state index is -4.62. The Morgan fingerprint density at radius 1 is 0.913 bits per heavy atom. The van der Waals surface area contributed by atoms with Gasteiger partial charge < -0.3 is 20.3 Å². The standard InChI is InChI=1S/C33H36F3N7O3/c1-32(2,3)46-31(45)41-16-12-21(13-17-41)30(44)42-18-14-22(19-42)20-6-8-23(9-7-20)43-28(24-5-4-15-38-27(24)37)39-25-10-11-26(33(34,35)36)40-29(25)43/h4-11,15,21-22H,12-14,16-19H2,1-3H3,(H2,37,38). The van der Waals surface area contributed by atoms with Crippen LogP contribution in [0, 0.1) is 5.92 Å². The molecule has 3 aromatic heterocycles. The van der Waals surface area contributed by atoms with Gasteiger partial charge in [0.2, 0.25) is 5.91 Å². The van der Waals surface area contributed by atoms with Gasteiger partial charge in [0.05, 0.1) is 5.56 Å². The van der Waals surface area contributed by atoms with Crippen molar-refractivity contribution in [2.24, 2.45) is 5.92 Å². The first-order valence-electron chi connectivity index (χ1n) is 15.3. The van der Waals surface area contributed by atoms with Crippen LogP contribution in [0.1, 0.15) is 57.2 Å². The highest BCUT2D eigenvalue weighted by molar-refractivity contribution is 5.83. The van der Waals surface area contributed by atoms with Crippen molar-refractivity contribution in [2.75, 3.05) is 31.9 Å². The Morgan fingerprint density at radius 2 is 1.61 bits per heavy atom. The Balaban J connectivity index is 1.19. The summed E-state index contributed by atoms with van der Waals surface area (Å²) in [6.45, 7) is 7.68. The van der Waals surface area contributed by atoms with E-state index < -0.39 is 17.5 Å². The first-order valence-corrected chi connectivity index (χ1v) is 15.3. The summed E-state index contributed by atoms with van der Waals surface area (Å²) in [5, 5.41) is 0. The number of nitrogens with two attached hydrogens (primary N) is 1. The van der Waals surface area contributed by atoms with Gasteiger partial charge in [-0.1, -0.05) is 12.1 Å². The molecule has 2 aliphatic heterocycles. The maximum absolute atomic E-state index is 13.6.